The number of pyridine rings is 1. The molecule has 1 aromatic carbocycles. The Bertz CT molecular complexity index is 1150. The minimum absolute atomic E-state index is 0.0549. The number of aliphatic hydroxyl groups is 1. The molecule has 3 heterocycles. The molecule has 2 aliphatic heterocycles. The van der Waals surface area contributed by atoms with Crippen molar-refractivity contribution in [1.82, 2.24) is 15.2 Å². The van der Waals surface area contributed by atoms with Crippen LogP contribution in [0.15, 0.2) is 49.3 Å². The molecule has 2 aliphatic carbocycles. The molecule has 1 saturated heterocycles. The van der Waals surface area contributed by atoms with Crippen molar-refractivity contribution in [2.75, 3.05) is 13.1 Å². The Morgan fingerprint density at radius 1 is 1.35 bits per heavy atom. The molecule has 2 bridgehead atoms. The molecule has 0 radical (unpaired) electrons. The second-order valence-electron chi connectivity index (χ2n) is 10.3. The lowest BCUT2D eigenvalue weighted by Crippen LogP contribution is -2.78. The Balaban J connectivity index is 1.39. The first kappa shape index (κ1) is 21.6. The highest BCUT2D eigenvalue weighted by molar-refractivity contribution is 5.83. The van der Waals surface area contributed by atoms with Gasteiger partial charge in [0, 0.05) is 30.5 Å². The number of rotatable bonds is 5. The van der Waals surface area contributed by atoms with E-state index >= 15 is 0 Å². The number of ether oxygens (including phenoxy) is 1. The zero-order valence-corrected chi connectivity index (χ0v) is 19.4. The summed E-state index contributed by atoms with van der Waals surface area (Å²) >= 11 is 0. The molecule has 3 unspecified atom stereocenters. The summed E-state index contributed by atoms with van der Waals surface area (Å²) < 4.78 is 6.50. The largest absolute Gasteiger partial charge is 0.504 e. The van der Waals surface area contributed by atoms with E-state index < -0.39 is 17.1 Å². The third-order valence-electron chi connectivity index (χ3n) is 8.86. The van der Waals surface area contributed by atoms with Crippen LogP contribution in [-0.2, 0) is 16.6 Å². The highest BCUT2D eigenvalue weighted by Crippen LogP contribution is 2.65. The van der Waals surface area contributed by atoms with E-state index in [-0.39, 0.29) is 29.7 Å². The maximum Gasteiger partial charge on any atom is 0.227 e. The van der Waals surface area contributed by atoms with Crippen molar-refractivity contribution >= 4 is 5.91 Å². The fraction of sp³-hybridized carbons (Fsp3) is 0.481. The van der Waals surface area contributed by atoms with Gasteiger partial charge >= 0.3 is 0 Å². The van der Waals surface area contributed by atoms with Crippen LogP contribution in [0.5, 0.6) is 11.5 Å². The molecule has 6 rings (SSSR count). The maximum atomic E-state index is 13.3. The fourth-order valence-electron chi connectivity index (χ4n) is 7.27. The van der Waals surface area contributed by atoms with Gasteiger partial charge < -0.3 is 20.3 Å². The molecule has 2 aromatic rings. The van der Waals surface area contributed by atoms with Crippen LogP contribution in [0.3, 0.4) is 0 Å². The van der Waals surface area contributed by atoms with Crippen LogP contribution in [0.4, 0.5) is 0 Å². The molecule has 2 fully saturated rings. The molecule has 4 aliphatic rings. The minimum atomic E-state index is -0.997. The Kier molecular flexibility index (Phi) is 4.80. The van der Waals surface area contributed by atoms with Crippen molar-refractivity contribution in [2.24, 2.45) is 0 Å². The number of carbonyl (C=O) groups excluding carboxylic acids is 1. The number of benzene rings is 1. The zero-order chi connectivity index (χ0) is 23.7. The van der Waals surface area contributed by atoms with Gasteiger partial charge in [0.05, 0.1) is 23.0 Å². The number of nitrogens with zero attached hydrogens (tertiary/aromatic N) is 2. The Hall–Kier alpha value is -2.90. The second-order valence-corrected chi connectivity index (χ2v) is 10.3. The molecule has 178 valence electrons. The Morgan fingerprint density at radius 2 is 2.15 bits per heavy atom. The monoisotopic (exact) mass is 461 g/mol. The molecule has 1 amide bonds. The number of phenolic OH excluding ortho intramolecular Hbond substituents is 1. The molecule has 1 saturated carbocycles. The standard InChI is InChI=1S/C27H31N3O4/c1-3-13-30-14-10-26-22-18-4-5-20(31)23(22)34-24(26)19(6-9-27(26,33)21(30)15-18)29-25(32)16(2)17-7-11-28-12-8-17/h3-5,7-8,11-12,16,19,21,24,31,33H,1,6,9-10,13-15H2,2H3,(H,29,32)/t16?,19?,21-,24?,26+,27-/m1/s1. The summed E-state index contributed by atoms with van der Waals surface area (Å²) in [6.07, 6.45) is 7.44. The van der Waals surface area contributed by atoms with Crippen molar-refractivity contribution in [2.45, 2.75) is 67.7 Å². The highest BCUT2D eigenvalue weighted by atomic mass is 16.5. The normalized spacial score (nSPS) is 34.0. The number of aromatic hydroxyl groups is 1. The molecular weight excluding hydrogens is 430 g/mol. The van der Waals surface area contributed by atoms with E-state index in [1.807, 2.05) is 31.2 Å². The number of carbonyl (C=O) groups is 1. The first-order valence-corrected chi connectivity index (χ1v) is 12.2. The predicted molar refractivity (Wildman–Crippen MR) is 127 cm³/mol. The van der Waals surface area contributed by atoms with E-state index in [1.54, 1.807) is 18.5 Å². The average Bonchev–Trinajstić information content (AvgIpc) is 3.20. The van der Waals surface area contributed by atoms with Gasteiger partial charge in [-0.15, -0.1) is 6.58 Å². The summed E-state index contributed by atoms with van der Waals surface area (Å²) in [5.41, 5.74) is 1.33. The van der Waals surface area contributed by atoms with Crippen molar-refractivity contribution in [3.05, 3.63) is 66.0 Å². The lowest BCUT2D eigenvalue weighted by atomic mass is 9.48. The van der Waals surface area contributed by atoms with Crippen LogP contribution >= 0.6 is 0 Å². The number of phenols is 1. The number of aromatic nitrogens is 1. The lowest BCUT2D eigenvalue weighted by Gasteiger charge is -2.64. The van der Waals surface area contributed by atoms with Gasteiger partial charge in [0.1, 0.15) is 6.10 Å². The first-order chi connectivity index (χ1) is 16.4. The van der Waals surface area contributed by atoms with Crippen LogP contribution in [0.1, 0.15) is 48.8 Å². The van der Waals surface area contributed by atoms with Crippen LogP contribution in [0.2, 0.25) is 0 Å². The molecular formula is C27H31N3O4. The third kappa shape index (κ3) is 2.71. The van der Waals surface area contributed by atoms with Gasteiger partial charge in [-0.05, 0) is 68.5 Å². The van der Waals surface area contributed by atoms with E-state index in [4.69, 9.17) is 4.74 Å². The molecule has 1 spiro atoms. The van der Waals surface area contributed by atoms with Gasteiger partial charge in [-0.3, -0.25) is 14.7 Å². The summed E-state index contributed by atoms with van der Waals surface area (Å²) in [6.45, 7) is 7.34. The summed E-state index contributed by atoms with van der Waals surface area (Å²) in [4.78, 5) is 19.6. The van der Waals surface area contributed by atoms with E-state index in [9.17, 15) is 15.0 Å². The number of piperidine rings is 1. The number of nitrogens with one attached hydrogen (secondary N) is 1. The third-order valence-corrected chi connectivity index (χ3v) is 8.86. The Labute approximate surface area is 199 Å². The van der Waals surface area contributed by atoms with Crippen molar-refractivity contribution in [3.63, 3.8) is 0 Å². The van der Waals surface area contributed by atoms with Gasteiger partial charge in [-0.25, -0.2) is 0 Å². The Morgan fingerprint density at radius 3 is 2.91 bits per heavy atom. The minimum Gasteiger partial charge on any atom is -0.504 e. The van der Waals surface area contributed by atoms with Gasteiger partial charge in [-0.1, -0.05) is 12.1 Å². The molecule has 34 heavy (non-hydrogen) atoms. The highest BCUT2D eigenvalue weighted by Gasteiger charge is 2.73. The number of amides is 1. The van der Waals surface area contributed by atoms with E-state index in [1.165, 1.54) is 0 Å². The summed E-state index contributed by atoms with van der Waals surface area (Å²) in [6, 6.07) is 7.06. The van der Waals surface area contributed by atoms with E-state index in [0.29, 0.717) is 31.4 Å². The second kappa shape index (κ2) is 7.55. The summed E-state index contributed by atoms with van der Waals surface area (Å²) in [5.74, 6) is 0.188. The maximum absolute atomic E-state index is 13.3. The lowest BCUT2D eigenvalue weighted by molar-refractivity contribution is -0.190. The first-order valence-electron chi connectivity index (χ1n) is 12.2. The van der Waals surface area contributed by atoms with Gasteiger partial charge in [0.15, 0.2) is 11.5 Å². The van der Waals surface area contributed by atoms with Crippen LogP contribution < -0.4 is 10.1 Å². The molecule has 1 aromatic heterocycles. The van der Waals surface area contributed by atoms with Crippen LogP contribution in [0, 0.1) is 0 Å². The predicted octanol–water partition coefficient (Wildman–Crippen LogP) is 2.42. The number of hydrogen-bond donors (Lipinski definition) is 3. The summed E-state index contributed by atoms with van der Waals surface area (Å²) in [5, 5.41) is 26.3. The van der Waals surface area contributed by atoms with Gasteiger partial charge in [-0.2, -0.15) is 0 Å². The quantitative estimate of drug-likeness (QED) is 0.592. The van der Waals surface area contributed by atoms with Crippen LogP contribution in [0.25, 0.3) is 0 Å². The van der Waals surface area contributed by atoms with E-state index in [2.05, 4.69) is 21.8 Å². The number of hydrogen-bond acceptors (Lipinski definition) is 6. The molecule has 3 N–H and O–H groups in total. The average molecular weight is 462 g/mol. The number of likely N-dealkylation sites (tertiary alicyclic amines) is 1. The fourth-order valence-corrected chi connectivity index (χ4v) is 7.27. The van der Waals surface area contributed by atoms with Gasteiger partial charge in [0.25, 0.3) is 0 Å². The molecule has 7 heteroatoms. The topological polar surface area (TPSA) is 94.9 Å². The van der Waals surface area contributed by atoms with E-state index in [0.717, 1.165) is 29.8 Å². The SMILES string of the molecule is C=CCN1CC[C@]23c4c5ccc(O)c4OC2C(NC(=O)C(C)c2ccncc2)CC[C@@]3(O)[C@H]1C5. The molecule has 6 atom stereocenters. The van der Waals surface area contributed by atoms with Crippen molar-refractivity contribution in [3.8, 4) is 11.5 Å². The van der Waals surface area contributed by atoms with Crippen molar-refractivity contribution < 1.29 is 19.7 Å². The van der Waals surface area contributed by atoms with Gasteiger partial charge in [0.2, 0.25) is 5.91 Å². The zero-order valence-electron chi connectivity index (χ0n) is 19.4. The summed E-state index contributed by atoms with van der Waals surface area (Å²) in [7, 11) is 0. The smallest absolute Gasteiger partial charge is 0.227 e. The molecule has 7 nitrogen and oxygen atoms in total. The van der Waals surface area contributed by atoms with Crippen molar-refractivity contribution in [1.29, 1.82) is 0 Å². The van der Waals surface area contributed by atoms with Crippen LogP contribution in [-0.4, -0.2) is 62.9 Å².